The number of hydrogen-bond donors (Lipinski definition) is 0. The average Bonchev–Trinajstić information content (AvgIpc) is 3.18. The summed E-state index contributed by atoms with van der Waals surface area (Å²) >= 11 is 0. The summed E-state index contributed by atoms with van der Waals surface area (Å²) in [6, 6.07) is 39.0. The maximum atomic E-state index is 6.28. The third kappa shape index (κ3) is 2.35. The van der Waals surface area contributed by atoms with Crippen LogP contribution in [0.4, 0.5) is 0 Å². The first-order chi connectivity index (χ1) is 15.8. The molecule has 0 aliphatic carbocycles. The standard InChI is InChI=1S/C30H18BN/c31-21-14-16-28-27(18-21)29-25-11-5-3-9-23(25)24-10-4-6-12-26(24)30(29)32(28)22-15-13-19-7-1-2-8-20(19)17-22/h1-18H. The van der Waals surface area contributed by atoms with Crippen molar-refractivity contribution in [1.82, 2.24) is 4.57 Å². The van der Waals surface area contributed by atoms with Crippen LogP contribution in [0.3, 0.4) is 0 Å². The van der Waals surface area contributed by atoms with E-state index in [2.05, 4.69) is 108 Å². The molecule has 7 rings (SSSR count). The van der Waals surface area contributed by atoms with E-state index in [4.69, 9.17) is 7.85 Å². The molecule has 0 fully saturated rings. The minimum Gasteiger partial charge on any atom is -0.309 e. The summed E-state index contributed by atoms with van der Waals surface area (Å²) in [6.45, 7) is 0. The Hall–Kier alpha value is -4.04. The number of aromatic nitrogens is 1. The van der Waals surface area contributed by atoms with E-state index in [1.54, 1.807) is 0 Å². The van der Waals surface area contributed by atoms with E-state index in [0.717, 1.165) is 11.2 Å². The summed E-state index contributed by atoms with van der Waals surface area (Å²) in [7, 11) is 6.28. The summed E-state index contributed by atoms with van der Waals surface area (Å²) in [5.74, 6) is 0. The highest BCUT2D eigenvalue weighted by atomic mass is 15.0. The number of benzene rings is 6. The van der Waals surface area contributed by atoms with E-state index in [-0.39, 0.29) is 0 Å². The van der Waals surface area contributed by atoms with Crippen LogP contribution in [-0.4, -0.2) is 12.4 Å². The molecular formula is C30H18BN. The van der Waals surface area contributed by atoms with Gasteiger partial charge >= 0.3 is 0 Å². The predicted octanol–water partition coefficient (Wildman–Crippen LogP) is 7.04. The van der Waals surface area contributed by atoms with Gasteiger partial charge in [-0.15, -0.1) is 0 Å². The lowest BCUT2D eigenvalue weighted by Gasteiger charge is -2.13. The Morgan fingerprint density at radius 1 is 0.500 bits per heavy atom. The Morgan fingerprint density at radius 2 is 1.16 bits per heavy atom. The molecule has 7 aromatic rings. The molecule has 1 aromatic heterocycles. The SMILES string of the molecule is [B]c1ccc2c(c1)c1c3ccccc3c3ccccc3c1n2-c1ccc2ccccc2c1. The van der Waals surface area contributed by atoms with Gasteiger partial charge in [0.05, 0.1) is 11.0 Å². The number of rotatable bonds is 1. The molecule has 0 aliphatic heterocycles. The minimum absolute atomic E-state index is 0.785. The van der Waals surface area contributed by atoms with Crippen molar-refractivity contribution in [3.8, 4) is 5.69 Å². The first-order valence-electron chi connectivity index (χ1n) is 10.9. The van der Waals surface area contributed by atoms with E-state index < -0.39 is 0 Å². The largest absolute Gasteiger partial charge is 0.309 e. The van der Waals surface area contributed by atoms with E-state index in [1.165, 1.54) is 54.1 Å². The van der Waals surface area contributed by atoms with Gasteiger partial charge < -0.3 is 4.57 Å². The Morgan fingerprint density at radius 3 is 1.97 bits per heavy atom. The van der Waals surface area contributed by atoms with Crippen LogP contribution in [0.1, 0.15) is 0 Å². The fraction of sp³-hybridized carbons (Fsp3) is 0. The molecule has 0 amide bonds. The number of hydrogen-bond acceptors (Lipinski definition) is 0. The van der Waals surface area contributed by atoms with Crippen molar-refractivity contribution in [2.45, 2.75) is 0 Å². The first-order valence-corrected chi connectivity index (χ1v) is 10.9. The van der Waals surface area contributed by atoms with Crippen molar-refractivity contribution in [3.05, 3.63) is 109 Å². The highest BCUT2D eigenvalue weighted by molar-refractivity contribution is 6.36. The van der Waals surface area contributed by atoms with Crippen LogP contribution < -0.4 is 5.46 Å². The van der Waals surface area contributed by atoms with Crippen molar-refractivity contribution >= 4 is 67.4 Å². The van der Waals surface area contributed by atoms with Crippen LogP contribution in [0.15, 0.2) is 109 Å². The van der Waals surface area contributed by atoms with Crippen molar-refractivity contribution < 1.29 is 0 Å². The van der Waals surface area contributed by atoms with Gasteiger partial charge in [0.25, 0.3) is 0 Å². The molecule has 32 heavy (non-hydrogen) atoms. The van der Waals surface area contributed by atoms with Crippen LogP contribution in [0.25, 0.3) is 59.8 Å². The van der Waals surface area contributed by atoms with Crippen molar-refractivity contribution in [2.75, 3.05) is 0 Å². The molecular weight excluding hydrogens is 385 g/mol. The lowest BCUT2D eigenvalue weighted by Crippen LogP contribution is -2.00. The molecule has 0 N–H and O–H groups in total. The normalized spacial score (nSPS) is 11.9. The van der Waals surface area contributed by atoms with Gasteiger partial charge in [-0.1, -0.05) is 96.5 Å². The molecule has 2 radical (unpaired) electrons. The monoisotopic (exact) mass is 403 g/mol. The molecule has 0 unspecified atom stereocenters. The van der Waals surface area contributed by atoms with Gasteiger partial charge in [-0.3, -0.25) is 0 Å². The molecule has 0 atom stereocenters. The Bertz CT molecular complexity index is 1840. The maximum Gasteiger partial charge on any atom is 0.113 e. The van der Waals surface area contributed by atoms with Crippen molar-refractivity contribution in [2.24, 2.45) is 0 Å². The topological polar surface area (TPSA) is 4.93 Å². The molecule has 2 heteroatoms. The van der Waals surface area contributed by atoms with Crippen LogP contribution in [0.5, 0.6) is 0 Å². The Balaban J connectivity index is 1.78. The van der Waals surface area contributed by atoms with Crippen LogP contribution >= 0.6 is 0 Å². The van der Waals surface area contributed by atoms with Gasteiger partial charge in [-0.05, 0) is 45.1 Å². The summed E-state index contributed by atoms with van der Waals surface area (Å²) in [5, 5.41) is 9.99. The average molecular weight is 403 g/mol. The molecule has 0 saturated heterocycles. The lowest BCUT2D eigenvalue weighted by atomic mass is 9.92. The molecule has 0 aliphatic rings. The smallest absolute Gasteiger partial charge is 0.113 e. The molecule has 6 aromatic carbocycles. The minimum atomic E-state index is 0.785. The van der Waals surface area contributed by atoms with Crippen molar-refractivity contribution in [3.63, 3.8) is 0 Å². The summed E-state index contributed by atoms with van der Waals surface area (Å²) in [5.41, 5.74) is 4.35. The third-order valence-electron chi connectivity index (χ3n) is 6.65. The fourth-order valence-electron chi connectivity index (χ4n) is 5.28. The van der Waals surface area contributed by atoms with Gasteiger partial charge in [-0.25, -0.2) is 0 Å². The Labute approximate surface area is 186 Å². The zero-order chi connectivity index (χ0) is 21.2. The zero-order valence-corrected chi connectivity index (χ0v) is 17.4. The van der Waals surface area contributed by atoms with E-state index >= 15 is 0 Å². The molecule has 1 heterocycles. The highest BCUT2D eigenvalue weighted by Crippen LogP contribution is 2.42. The maximum absolute atomic E-state index is 6.28. The second-order valence-electron chi connectivity index (χ2n) is 8.46. The fourth-order valence-corrected chi connectivity index (χ4v) is 5.28. The molecule has 0 bridgehead atoms. The van der Waals surface area contributed by atoms with Gasteiger partial charge in [0.2, 0.25) is 0 Å². The molecule has 146 valence electrons. The van der Waals surface area contributed by atoms with E-state index in [0.29, 0.717) is 0 Å². The Kier molecular flexibility index (Phi) is 3.57. The van der Waals surface area contributed by atoms with E-state index in [1.807, 2.05) is 6.07 Å². The van der Waals surface area contributed by atoms with Crippen LogP contribution in [-0.2, 0) is 0 Å². The second-order valence-corrected chi connectivity index (χ2v) is 8.46. The highest BCUT2D eigenvalue weighted by Gasteiger charge is 2.18. The zero-order valence-electron chi connectivity index (χ0n) is 17.4. The summed E-state index contributed by atoms with van der Waals surface area (Å²) < 4.78 is 2.41. The first kappa shape index (κ1) is 17.6. The molecule has 0 saturated carbocycles. The quantitative estimate of drug-likeness (QED) is 0.205. The van der Waals surface area contributed by atoms with Crippen LogP contribution in [0.2, 0.25) is 0 Å². The number of nitrogens with zero attached hydrogens (tertiary/aromatic N) is 1. The second kappa shape index (κ2) is 6.48. The summed E-state index contributed by atoms with van der Waals surface area (Å²) in [4.78, 5) is 0. The van der Waals surface area contributed by atoms with Gasteiger partial charge in [0, 0.05) is 21.8 Å². The molecule has 1 nitrogen and oxygen atoms in total. The lowest BCUT2D eigenvalue weighted by molar-refractivity contribution is 1.19. The van der Waals surface area contributed by atoms with Gasteiger partial charge in [0.15, 0.2) is 0 Å². The van der Waals surface area contributed by atoms with Gasteiger partial charge in [0.1, 0.15) is 7.85 Å². The number of fused-ring (bicyclic) bond motifs is 9. The van der Waals surface area contributed by atoms with E-state index in [9.17, 15) is 0 Å². The predicted molar refractivity (Wildman–Crippen MR) is 139 cm³/mol. The third-order valence-corrected chi connectivity index (χ3v) is 6.65. The van der Waals surface area contributed by atoms with Gasteiger partial charge in [-0.2, -0.15) is 0 Å². The summed E-state index contributed by atoms with van der Waals surface area (Å²) in [6.07, 6.45) is 0. The van der Waals surface area contributed by atoms with Crippen LogP contribution in [0, 0.1) is 0 Å². The molecule has 0 spiro atoms. The van der Waals surface area contributed by atoms with Crippen molar-refractivity contribution in [1.29, 1.82) is 0 Å².